The number of carbonyl (C=O) groups is 3. The van der Waals surface area contributed by atoms with Gasteiger partial charge in [-0.05, 0) is 45.6 Å². The van der Waals surface area contributed by atoms with Gasteiger partial charge in [0.2, 0.25) is 0 Å². The molecule has 1 aliphatic carbocycles. The van der Waals surface area contributed by atoms with Crippen LogP contribution >= 0.6 is 23.2 Å². The van der Waals surface area contributed by atoms with E-state index in [0.29, 0.717) is 24.0 Å². The number of halogens is 2. The highest BCUT2D eigenvalue weighted by Gasteiger charge is 2.40. The predicted octanol–water partition coefficient (Wildman–Crippen LogP) is 4.07. The third kappa shape index (κ3) is 3.69. The number of rotatable bonds is 5. The van der Waals surface area contributed by atoms with Gasteiger partial charge < -0.3 is 9.47 Å². The molecular formula is C19H19Cl2NO5. The van der Waals surface area contributed by atoms with Crippen LogP contribution in [0.15, 0.2) is 23.3 Å². The molecule has 1 atom stereocenters. The molecule has 8 heteroatoms. The molecule has 0 aromatic heterocycles. The molecule has 0 saturated heterocycles. The third-order valence-electron chi connectivity index (χ3n) is 4.55. The molecule has 1 aliphatic heterocycles. The molecule has 27 heavy (non-hydrogen) atoms. The molecule has 0 bridgehead atoms. The van der Waals surface area contributed by atoms with Crippen LogP contribution in [0.2, 0.25) is 10.0 Å². The number of ether oxygens (including phenoxy) is 2. The molecular weight excluding hydrogens is 393 g/mol. The number of esters is 1. The van der Waals surface area contributed by atoms with Gasteiger partial charge in [0.1, 0.15) is 5.75 Å². The molecule has 2 amide bonds. The van der Waals surface area contributed by atoms with Crippen molar-refractivity contribution in [3.05, 3.63) is 33.3 Å². The standard InChI is InChI=1S/C19H19Cl2NO5/c1-3-26-19(25)10(2)27-16-9-15(13(20)8-14(16)21)22-17(23)11-6-4-5-7-12(11)18(22)24/h8-10H,3-7H2,1-2H3. The Hall–Kier alpha value is -2.05. The molecule has 6 nitrogen and oxygen atoms in total. The first-order chi connectivity index (χ1) is 12.8. The van der Waals surface area contributed by atoms with E-state index in [-0.39, 0.29) is 39.9 Å². The van der Waals surface area contributed by atoms with Crippen molar-refractivity contribution >= 4 is 46.7 Å². The lowest BCUT2D eigenvalue weighted by atomic mass is 9.93. The van der Waals surface area contributed by atoms with Crippen LogP contribution in [-0.4, -0.2) is 30.5 Å². The largest absolute Gasteiger partial charge is 0.477 e. The Morgan fingerprint density at radius 1 is 1.11 bits per heavy atom. The summed E-state index contributed by atoms with van der Waals surface area (Å²) in [4.78, 5) is 38.4. The highest BCUT2D eigenvalue weighted by atomic mass is 35.5. The van der Waals surface area contributed by atoms with Crippen LogP contribution in [0.5, 0.6) is 5.75 Å². The van der Waals surface area contributed by atoms with Crippen LogP contribution in [0.4, 0.5) is 5.69 Å². The van der Waals surface area contributed by atoms with Gasteiger partial charge in [0, 0.05) is 17.2 Å². The molecule has 3 rings (SSSR count). The summed E-state index contributed by atoms with van der Waals surface area (Å²) in [7, 11) is 0. The molecule has 0 radical (unpaired) electrons. The molecule has 1 aromatic rings. The molecule has 1 unspecified atom stereocenters. The van der Waals surface area contributed by atoms with E-state index in [1.54, 1.807) is 6.92 Å². The van der Waals surface area contributed by atoms with Gasteiger partial charge in [0.15, 0.2) is 6.10 Å². The Morgan fingerprint density at radius 3 is 2.26 bits per heavy atom. The summed E-state index contributed by atoms with van der Waals surface area (Å²) in [5.41, 5.74) is 1.30. The quantitative estimate of drug-likeness (QED) is 0.539. The lowest BCUT2D eigenvalue weighted by molar-refractivity contribution is -0.150. The van der Waals surface area contributed by atoms with E-state index < -0.39 is 12.1 Å². The van der Waals surface area contributed by atoms with Crippen molar-refractivity contribution in [3.63, 3.8) is 0 Å². The second-order valence-corrected chi connectivity index (χ2v) is 7.17. The smallest absolute Gasteiger partial charge is 0.347 e. The Morgan fingerprint density at radius 2 is 1.70 bits per heavy atom. The maximum atomic E-state index is 12.8. The second kappa shape index (κ2) is 7.90. The molecule has 1 heterocycles. The van der Waals surface area contributed by atoms with Crippen molar-refractivity contribution in [3.8, 4) is 5.75 Å². The zero-order valence-corrected chi connectivity index (χ0v) is 16.5. The fourth-order valence-electron chi connectivity index (χ4n) is 3.24. The number of imide groups is 1. The third-order valence-corrected chi connectivity index (χ3v) is 5.15. The average molecular weight is 412 g/mol. The minimum atomic E-state index is -0.909. The van der Waals surface area contributed by atoms with Gasteiger partial charge in [-0.3, -0.25) is 9.59 Å². The molecule has 2 aliphatic rings. The monoisotopic (exact) mass is 411 g/mol. The van der Waals surface area contributed by atoms with Gasteiger partial charge >= 0.3 is 5.97 Å². The van der Waals surface area contributed by atoms with Crippen molar-refractivity contribution in [1.82, 2.24) is 0 Å². The Bertz CT molecular complexity index is 821. The molecule has 0 fully saturated rings. The first-order valence-corrected chi connectivity index (χ1v) is 9.53. The fourth-order valence-corrected chi connectivity index (χ4v) is 3.75. The van der Waals surface area contributed by atoms with Gasteiger partial charge in [-0.15, -0.1) is 0 Å². The summed E-state index contributed by atoms with van der Waals surface area (Å²) < 4.78 is 10.5. The van der Waals surface area contributed by atoms with E-state index in [9.17, 15) is 14.4 Å². The summed E-state index contributed by atoms with van der Waals surface area (Å²) in [6.07, 6.45) is 2.03. The first-order valence-electron chi connectivity index (χ1n) is 8.78. The lowest BCUT2D eigenvalue weighted by Crippen LogP contribution is -2.32. The Balaban J connectivity index is 1.92. The van der Waals surface area contributed by atoms with E-state index >= 15 is 0 Å². The SMILES string of the molecule is CCOC(=O)C(C)Oc1cc(N2C(=O)C3=C(CCCC3)C2=O)c(Cl)cc1Cl. The Labute approximate surface area is 167 Å². The summed E-state index contributed by atoms with van der Waals surface area (Å²) in [6, 6.07) is 2.80. The van der Waals surface area contributed by atoms with Crippen LogP contribution in [0, 0.1) is 0 Å². The normalized spacial score (nSPS) is 17.9. The molecule has 1 aromatic carbocycles. The van der Waals surface area contributed by atoms with Gasteiger partial charge in [-0.1, -0.05) is 23.2 Å². The van der Waals surface area contributed by atoms with Gasteiger partial charge in [0.05, 0.1) is 22.3 Å². The van der Waals surface area contributed by atoms with E-state index in [2.05, 4.69) is 0 Å². The van der Waals surface area contributed by atoms with E-state index in [1.807, 2.05) is 0 Å². The zero-order chi connectivity index (χ0) is 19.7. The molecule has 0 N–H and O–H groups in total. The highest BCUT2D eigenvalue weighted by Crippen LogP contribution is 2.42. The maximum Gasteiger partial charge on any atom is 0.347 e. The number of hydrogen-bond acceptors (Lipinski definition) is 5. The number of hydrogen-bond donors (Lipinski definition) is 0. The van der Waals surface area contributed by atoms with Gasteiger partial charge in [0.25, 0.3) is 11.8 Å². The summed E-state index contributed by atoms with van der Waals surface area (Å²) in [6.45, 7) is 3.44. The molecule has 144 valence electrons. The van der Waals surface area contributed by atoms with Crippen LogP contribution in [0.3, 0.4) is 0 Å². The number of benzene rings is 1. The van der Waals surface area contributed by atoms with Crippen LogP contribution < -0.4 is 9.64 Å². The van der Waals surface area contributed by atoms with Crippen molar-refractivity contribution < 1.29 is 23.9 Å². The zero-order valence-electron chi connectivity index (χ0n) is 15.0. The number of nitrogens with zero attached hydrogens (tertiary/aromatic N) is 1. The topological polar surface area (TPSA) is 72.9 Å². The van der Waals surface area contributed by atoms with Crippen molar-refractivity contribution in [2.75, 3.05) is 11.5 Å². The van der Waals surface area contributed by atoms with Crippen molar-refractivity contribution in [2.45, 2.75) is 45.6 Å². The number of anilines is 1. The van der Waals surface area contributed by atoms with Gasteiger partial charge in [-0.25, -0.2) is 9.69 Å². The summed E-state index contributed by atoms with van der Waals surface area (Å²) >= 11 is 12.4. The highest BCUT2D eigenvalue weighted by molar-refractivity contribution is 6.41. The van der Waals surface area contributed by atoms with E-state index in [1.165, 1.54) is 19.1 Å². The summed E-state index contributed by atoms with van der Waals surface area (Å²) in [5.74, 6) is -1.12. The van der Waals surface area contributed by atoms with Gasteiger partial charge in [-0.2, -0.15) is 0 Å². The molecule has 0 saturated carbocycles. The molecule has 0 spiro atoms. The van der Waals surface area contributed by atoms with Crippen LogP contribution in [0.1, 0.15) is 39.5 Å². The van der Waals surface area contributed by atoms with E-state index in [0.717, 1.165) is 17.7 Å². The van der Waals surface area contributed by atoms with Crippen molar-refractivity contribution in [1.29, 1.82) is 0 Å². The maximum absolute atomic E-state index is 12.8. The predicted molar refractivity (Wildman–Crippen MR) is 101 cm³/mol. The first kappa shape index (κ1) is 19.7. The fraction of sp³-hybridized carbons (Fsp3) is 0.421. The van der Waals surface area contributed by atoms with Crippen LogP contribution in [0.25, 0.3) is 0 Å². The lowest BCUT2D eigenvalue weighted by Gasteiger charge is -2.20. The number of amides is 2. The second-order valence-electron chi connectivity index (χ2n) is 6.36. The summed E-state index contributed by atoms with van der Waals surface area (Å²) in [5, 5.41) is 0.314. The minimum Gasteiger partial charge on any atom is -0.477 e. The number of carbonyl (C=O) groups excluding carboxylic acids is 3. The minimum absolute atomic E-state index is 0.141. The van der Waals surface area contributed by atoms with E-state index in [4.69, 9.17) is 32.7 Å². The van der Waals surface area contributed by atoms with Crippen LogP contribution in [-0.2, 0) is 19.1 Å². The average Bonchev–Trinajstić information content (AvgIpc) is 2.89. The Kier molecular flexibility index (Phi) is 5.77. The van der Waals surface area contributed by atoms with Crippen molar-refractivity contribution in [2.24, 2.45) is 0 Å².